The SMILES string of the molecule is CC(C)(O)c1noc(-c2ncn3c2c(=O)n(Cc2ccccn2)c2c(C#N)c(Cl)ccc23)n1. The smallest absolute Gasteiger partial charge is 0.279 e. The van der Waals surface area contributed by atoms with Gasteiger partial charge in [0.05, 0.1) is 33.9 Å². The number of pyridine rings is 1. The van der Waals surface area contributed by atoms with Crippen molar-refractivity contribution >= 4 is 28.2 Å². The number of hydrogen-bond donors (Lipinski definition) is 1. The molecule has 0 atom stereocenters. The van der Waals surface area contributed by atoms with E-state index >= 15 is 0 Å². The minimum Gasteiger partial charge on any atom is -0.382 e. The molecule has 0 aliphatic carbocycles. The largest absolute Gasteiger partial charge is 0.382 e. The minimum atomic E-state index is -1.33. The Morgan fingerprint density at radius 1 is 1.21 bits per heavy atom. The third-order valence-corrected chi connectivity index (χ3v) is 5.50. The number of nitrogens with zero attached hydrogens (tertiary/aromatic N) is 7. The number of aliphatic hydroxyl groups is 1. The first kappa shape index (κ1) is 20.8. The topological polar surface area (TPSA) is 135 Å². The quantitative estimate of drug-likeness (QED) is 0.431. The Morgan fingerprint density at radius 3 is 2.70 bits per heavy atom. The van der Waals surface area contributed by atoms with Gasteiger partial charge in [0.15, 0.2) is 5.69 Å². The predicted molar refractivity (Wildman–Crippen MR) is 119 cm³/mol. The van der Waals surface area contributed by atoms with Crippen LogP contribution in [-0.2, 0) is 12.1 Å². The molecule has 0 bridgehead atoms. The molecule has 4 heterocycles. The van der Waals surface area contributed by atoms with Gasteiger partial charge in [-0.2, -0.15) is 10.2 Å². The fourth-order valence-corrected chi connectivity index (χ4v) is 3.82. The molecule has 0 saturated carbocycles. The van der Waals surface area contributed by atoms with Crippen LogP contribution in [0.3, 0.4) is 0 Å². The van der Waals surface area contributed by atoms with Crippen LogP contribution < -0.4 is 5.56 Å². The van der Waals surface area contributed by atoms with Crippen LogP contribution in [-0.4, -0.2) is 34.2 Å². The van der Waals surface area contributed by atoms with Crippen molar-refractivity contribution in [1.29, 1.82) is 5.26 Å². The molecule has 5 aromatic rings. The highest BCUT2D eigenvalue weighted by Crippen LogP contribution is 2.29. The van der Waals surface area contributed by atoms with Crippen molar-refractivity contribution in [2.75, 3.05) is 0 Å². The lowest BCUT2D eigenvalue weighted by molar-refractivity contribution is 0.0661. The van der Waals surface area contributed by atoms with Crippen molar-refractivity contribution < 1.29 is 9.63 Å². The van der Waals surface area contributed by atoms with Crippen molar-refractivity contribution in [1.82, 2.24) is 29.1 Å². The first-order valence-electron chi connectivity index (χ1n) is 9.88. The zero-order chi connectivity index (χ0) is 23.3. The standard InChI is InChI=1S/C22H16ClN7O3/c1-22(2,32)21-27-19(33-28-21)16-18-20(31)29(10-12-5-3-4-8-25-12)17-13(9-24)14(23)6-7-15(17)30(18)11-26-16/h3-8,11,32H,10H2,1-2H3. The molecular formula is C22H16ClN7O3. The first-order chi connectivity index (χ1) is 15.8. The number of aromatic nitrogens is 6. The number of hydrogen-bond acceptors (Lipinski definition) is 8. The van der Waals surface area contributed by atoms with E-state index in [9.17, 15) is 15.2 Å². The average molecular weight is 462 g/mol. The van der Waals surface area contributed by atoms with E-state index in [1.165, 1.54) is 24.7 Å². The van der Waals surface area contributed by atoms with Gasteiger partial charge in [0.25, 0.3) is 11.4 Å². The summed E-state index contributed by atoms with van der Waals surface area (Å²) < 4.78 is 8.30. The molecule has 33 heavy (non-hydrogen) atoms. The van der Waals surface area contributed by atoms with Gasteiger partial charge in [0.1, 0.15) is 23.5 Å². The molecule has 11 heteroatoms. The molecule has 5 rings (SSSR count). The number of fused-ring (bicyclic) bond motifs is 3. The molecule has 1 N–H and O–H groups in total. The monoisotopic (exact) mass is 461 g/mol. The molecule has 0 aliphatic rings. The van der Waals surface area contributed by atoms with Crippen molar-refractivity contribution in [3.05, 3.63) is 75.3 Å². The number of nitriles is 1. The van der Waals surface area contributed by atoms with Crippen LogP contribution in [0.2, 0.25) is 5.02 Å². The van der Waals surface area contributed by atoms with Gasteiger partial charge in [0.2, 0.25) is 5.82 Å². The van der Waals surface area contributed by atoms with E-state index in [-0.39, 0.29) is 40.1 Å². The van der Waals surface area contributed by atoms with Crippen LogP contribution in [0.15, 0.2) is 52.2 Å². The lowest BCUT2D eigenvalue weighted by Gasteiger charge is -2.14. The van der Waals surface area contributed by atoms with E-state index < -0.39 is 11.2 Å². The van der Waals surface area contributed by atoms with Crippen molar-refractivity contribution in [3.8, 4) is 17.7 Å². The molecule has 4 aromatic heterocycles. The summed E-state index contributed by atoms with van der Waals surface area (Å²) in [6, 6.07) is 10.8. The highest BCUT2D eigenvalue weighted by molar-refractivity contribution is 6.32. The van der Waals surface area contributed by atoms with Gasteiger partial charge in [-0.25, -0.2) is 4.98 Å². The third-order valence-electron chi connectivity index (χ3n) is 5.18. The Kier molecular flexibility index (Phi) is 4.74. The lowest BCUT2D eigenvalue weighted by atomic mass is 10.1. The summed E-state index contributed by atoms with van der Waals surface area (Å²) in [4.78, 5) is 26.6. The summed E-state index contributed by atoms with van der Waals surface area (Å²) in [7, 11) is 0. The fraction of sp³-hybridized carbons (Fsp3) is 0.182. The molecule has 0 saturated heterocycles. The maximum absolute atomic E-state index is 13.8. The number of rotatable bonds is 4. The Hall–Kier alpha value is -4.07. The van der Waals surface area contributed by atoms with E-state index in [0.29, 0.717) is 16.7 Å². The normalized spacial score (nSPS) is 11.8. The highest BCUT2D eigenvalue weighted by atomic mass is 35.5. The van der Waals surface area contributed by atoms with E-state index in [2.05, 4.69) is 26.2 Å². The van der Waals surface area contributed by atoms with Gasteiger partial charge < -0.3 is 9.63 Å². The third kappa shape index (κ3) is 3.34. The van der Waals surface area contributed by atoms with E-state index in [1.807, 2.05) is 6.07 Å². The Bertz CT molecular complexity index is 1620. The molecule has 1 aromatic carbocycles. The summed E-state index contributed by atoms with van der Waals surface area (Å²) in [5.74, 6) is 0.0525. The summed E-state index contributed by atoms with van der Waals surface area (Å²) in [5, 5.41) is 24.0. The van der Waals surface area contributed by atoms with Crippen LogP contribution in [0.1, 0.15) is 30.9 Å². The molecule has 164 valence electrons. The van der Waals surface area contributed by atoms with Crippen molar-refractivity contribution in [2.24, 2.45) is 0 Å². The van der Waals surface area contributed by atoms with Gasteiger partial charge in [-0.3, -0.25) is 18.7 Å². The molecule has 0 radical (unpaired) electrons. The van der Waals surface area contributed by atoms with Crippen molar-refractivity contribution in [2.45, 2.75) is 26.0 Å². The van der Waals surface area contributed by atoms with Crippen LogP contribution >= 0.6 is 11.6 Å². The van der Waals surface area contributed by atoms with Crippen molar-refractivity contribution in [3.63, 3.8) is 0 Å². The molecule has 10 nitrogen and oxygen atoms in total. The van der Waals surface area contributed by atoms with Gasteiger partial charge in [-0.05, 0) is 38.1 Å². The van der Waals surface area contributed by atoms with Gasteiger partial charge in [-0.15, -0.1) is 0 Å². The molecule has 0 spiro atoms. The Morgan fingerprint density at radius 2 is 2.03 bits per heavy atom. The Labute approximate surface area is 191 Å². The second kappa shape index (κ2) is 7.51. The molecular weight excluding hydrogens is 446 g/mol. The van der Waals surface area contributed by atoms with E-state index in [0.717, 1.165) is 0 Å². The fourth-order valence-electron chi connectivity index (χ4n) is 3.62. The number of halogens is 1. The number of imidazole rings is 1. The van der Waals surface area contributed by atoms with Crippen LogP contribution in [0, 0.1) is 11.3 Å². The van der Waals surface area contributed by atoms with Crippen LogP contribution in [0.5, 0.6) is 0 Å². The summed E-state index contributed by atoms with van der Waals surface area (Å²) in [6.45, 7) is 3.14. The summed E-state index contributed by atoms with van der Waals surface area (Å²) in [5.41, 5.74) is 0.258. The molecule has 0 amide bonds. The zero-order valence-corrected chi connectivity index (χ0v) is 18.3. The highest BCUT2D eigenvalue weighted by Gasteiger charge is 2.27. The maximum atomic E-state index is 13.8. The molecule has 0 unspecified atom stereocenters. The zero-order valence-electron chi connectivity index (χ0n) is 17.5. The average Bonchev–Trinajstić information content (AvgIpc) is 3.44. The summed E-state index contributed by atoms with van der Waals surface area (Å²) in [6.07, 6.45) is 3.07. The molecule has 0 aliphatic heterocycles. The van der Waals surface area contributed by atoms with Crippen LogP contribution in [0.25, 0.3) is 28.1 Å². The van der Waals surface area contributed by atoms with Gasteiger partial charge in [0, 0.05) is 6.20 Å². The molecule has 0 fully saturated rings. The number of benzene rings is 1. The van der Waals surface area contributed by atoms with E-state index in [1.54, 1.807) is 34.9 Å². The van der Waals surface area contributed by atoms with E-state index in [4.69, 9.17) is 16.1 Å². The predicted octanol–water partition coefficient (Wildman–Crippen LogP) is 2.89. The van der Waals surface area contributed by atoms with Gasteiger partial charge in [-0.1, -0.05) is 22.8 Å². The Balaban J connectivity index is 1.86. The maximum Gasteiger partial charge on any atom is 0.279 e. The summed E-state index contributed by atoms with van der Waals surface area (Å²) >= 11 is 6.29. The minimum absolute atomic E-state index is 0.00932. The second-order valence-corrected chi connectivity index (χ2v) is 8.32. The van der Waals surface area contributed by atoms with Crippen LogP contribution in [0.4, 0.5) is 0 Å². The first-order valence-corrected chi connectivity index (χ1v) is 10.3. The van der Waals surface area contributed by atoms with Gasteiger partial charge >= 0.3 is 0 Å². The second-order valence-electron chi connectivity index (χ2n) is 7.91. The lowest BCUT2D eigenvalue weighted by Crippen LogP contribution is -2.25.